The average molecular weight is 215 g/mol. The molecule has 14 heavy (non-hydrogen) atoms. The van der Waals surface area contributed by atoms with Crippen molar-refractivity contribution in [3.63, 3.8) is 0 Å². The minimum atomic E-state index is 0. The predicted molar refractivity (Wildman–Crippen MR) is 57.7 cm³/mol. The van der Waals surface area contributed by atoms with Crippen LogP contribution in [0.25, 0.3) is 0 Å². The summed E-state index contributed by atoms with van der Waals surface area (Å²) in [5, 5.41) is 1.82. The van der Waals surface area contributed by atoms with Gasteiger partial charge in [0.1, 0.15) is 0 Å². The molecule has 0 aromatic carbocycles. The fourth-order valence-corrected chi connectivity index (χ4v) is 1.52. The standard InChI is InChI=1S/C9H14N4.ClH/c10-13-6-5-12(8-13)7-9-3-1-2-4-11-9;/h1-4H,5-8,10H2;1H. The Labute approximate surface area is 90.1 Å². The van der Waals surface area contributed by atoms with E-state index in [1.54, 1.807) is 0 Å². The largest absolute Gasteiger partial charge is 0.282 e. The van der Waals surface area contributed by atoms with Crippen LogP contribution in [0.1, 0.15) is 5.69 Å². The van der Waals surface area contributed by atoms with Crippen molar-refractivity contribution < 1.29 is 0 Å². The average Bonchev–Trinajstić information content (AvgIpc) is 2.53. The first-order valence-corrected chi connectivity index (χ1v) is 4.46. The molecule has 1 aromatic heterocycles. The maximum absolute atomic E-state index is 5.65. The lowest BCUT2D eigenvalue weighted by Crippen LogP contribution is -2.30. The highest BCUT2D eigenvalue weighted by atomic mass is 35.5. The van der Waals surface area contributed by atoms with Gasteiger partial charge >= 0.3 is 0 Å². The Kier molecular flexibility index (Phi) is 4.28. The molecule has 2 rings (SSSR count). The Morgan fingerprint density at radius 3 is 2.79 bits per heavy atom. The van der Waals surface area contributed by atoms with Gasteiger partial charge in [0.2, 0.25) is 0 Å². The third kappa shape index (κ3) is 2.92. The van der Waals surface area contributed by atoms with Crippen LogP contribution in [-0.4, -0.2) is 34.7 Å². The van der Waals surface area contributed by atoms with Crippen LogP contribution in [0.2, 0.25) is 0 Å². The zero-order valence-electron chi connectivity index (χ0n) is 7.97. The summed E-state index contributed by atoms with van der Waals surface area (Å²) in [5.74, 6) is 5.65. The summed E-state index contributed by atoms with van der Waals surface area (Å²) in [7, 11) is 0. The Balaban J connectivity index is 0.000000980. The van der Waals surface area contributed by atoms with E-state index in [4.69, 9.17) is 5.84 Å². The number of pyridine rings is 1. The zero-order valence-corrected chi connectivity index (χ0v) is 8.78. The molecular weight excluding hydrogens is 200 g/mol. The van der Waals surface area contributed by atoms with Crippen LogP contribution < -0.4 is 5.84 Å². The summed E-state index contributed by atoms with van der Waals surface area (Å²) >= 11 is 0. The summed E-state index contributed by atoms with van der Waals surface area (Å²) in [5.41, 5.74) is 1.11. The van der Waals surface area contributed by atoms with Crippen molar-refractivity contribution in [2.45, 2.75) is 6.54 Å². The number of hydrogen-bond donors (Lipinski definition) is 1. The number of hydrazine groups is 1. The third-order valence-corrected chi connectivity index (χ3v) is 2.20. The molecule has 1 aromatic rings. The van der Waals surface area contributed by atoms with Gasteiger partial charge in [-0.15, -0.1) is 12.4 Å². The molecule has 0 bridgehead atoms. The molecule has 4 nitrogen and oxygen atoms in total. The molecule has 1 saturated heterocycles. The van der Waals surface area contributed by atoms with E-state index < -0.39 is 0 Å². The lowest BCUT2D eigenvalue weighted by molar-refractivity contribution is 0.243. The fourth-order valence-electron chi connectivity index (χ4n) is 1.52. The van der Waals surface area contributed by atoms with Gasteiger partial charge in [-0.2, -0.15) is 0 Å². The zero-order chi connectivity index (χ0) is 9.10. The van der Waals surface area contributed by atoms with Gasteiger partial charge < -0.3 is 0 Å². The highest BCUT2D eigenvalue weighted by molar-refractivity contribution is 5.85. The molecule has 78 valence electrons. The smallest absolute Gasteiger partial charge is 0.0647 e. The number of nitrogens with two attached hydrogens (primary N) is 1. The Hall–Kier alpha value is -0.680. The van der Waals surface area contributed by atoms with E-state index in [1.807, 2.05) is 29.4 Å². The van der Waals surface area contributed by atoms with Gasteiger partial charge in [0.15, 0.2) is 0 Å². The summed E-state index contributed by atoms with van der Waals surface area (Å²) in [6.45, 7) is 3.73. The quantitative estimate of drug-likeness (QED) is 0.727. The second kappa shape index (κ2) is 5.26. The highest BCUT2D eigenvalue weighted by Crippen LogP contribution is 2.05. The number of rotatable bonds is 2. The monoisotopic (exact) mass is 214 g/mol. The minimum Gasteiger partial charge on any atom is -0.282 e. The number of halogens is 1. The molecule has 2 heterocycles. The van der Waals surface area contributed by atoms with Gasteiger partial charge in [0, 0.05) is 25.8 Å². The SMILES string of the molecule is Cl.NN1CCN(Cc2ccccn2)C1. The van der Waals surface area contributed by atoms with E-state index in [1.165, 1.54) is 0 Å². The summed E-state index contributed by atoms with van der Waals surface area (Å²) in [6.07, 6.45) is 1.83. The van der Waals surface area contributed by atoms with Gasteiger partial charge in [0.05, 0.1) is 12.4 Å². The molecule has 0 aliphatic carbocycles. The normalized spacial score (nSPS) is 18.1. The van der Waals surface area contributed by atoms with Crippen LogP contribution in [0, 0.1) is 0 Å². The first-order valence-electron chi connectivity index (χ1n) is 4.46. The fraction of sp³-hybridized carbons (Fsp3) is 0.444. The summed E-state index contributed by atoms with van der Waals surface area (Å²) in [4.78, 5) is 6.55. The maximum Gasteiger partial charge on any atom is 0.0647 e. The molecule has 0 amide bonds. The molecular formula is C9H15ClN4. The van der Waals surface area contributed by atoms with Crippen molar-refractivity contribution in [3.8, 4) is 0 Å². The van der Waals surface area contributed by atoms with Crippen LogP contribution in [0.5, 0.6) is 0 Å². The van der Waals surface area contributed by atoms with Crippen molar-refractivity contribution in [3.05, 3.63) is 30.1 Å². The first kappa shape index (κ1) is 11.4. The van der Waals surface area contributed by atoms with Crippen molar-refractivity contribution in [1.29, 1.82) is 0 Å². The molecule has 1 aliphatic heterocycles. The van der Waals surface area contributed by atoms with Gasteiger partial charge in [-0.25, -0.2) is 5.01 Å². The predicted octanol–water partition coefficient (Wildman–Crippen LogP) is 0.452. The van der Waals surface area contributed by atoms with Crippen molar-refractivity contribution in [1.82, 2.24) is 14.9 Å². The van der Waals surface area contributed by atoms with E-state index in [0.717, 1.165) is 32.0 Å². The van der Waals surface area contributed by atoms with E-state index in [2.05, 4.69) is 9.88 Å². The lowest BCUT2D eigenvalue weighted by atomic mass is 10.3. The van der Waals surface area contributed by atoms with Crippen LogP contribution in [0.3, 0.4) is 0 Å². The molecule has 2 N–H and O–H groups in total. The van der Waals surface area contributed by atoms with Gasteiger partial charge in [-0.3, -0.25) is 15.7 Å². The van der Waals surface area contributed by atoms with Crippen molar-refractivity contribution in [2.24, 2.45) is 5.84 Å². The maximum atomic E-state index is 5.65. The lowest BCUT2D eigenvalue weighted by Gasteiger charge is -2.13. The van der Waals surface area contributed by atoms with E-state index in [-0.39, 0.29) is 12.4 Å². The number of hydrogen-bond acceptors (Lipinski definition) is 4. The van der Waals surface area contributed by atoms with Gasteiger partial charge in [-0.05, 0) is 12.1 Å². The summed E-state index contributed by atoms with van der Waals surface area (Å²) in [6, 6.07) is 5.99. The molecule has 5 heteroatoms. The Morgan fingerprint density at radius 2 is 2.21 bits per heavy atom. The van der Waals surface area contributed by atoms with Gasteiger partial charge in [-0.1, -0.05) is 6.07 Å². The van der Waals surface area contributed by atoms with E-state index in [9.17, 15) is 0 Å². The minimum absolute atomic E-state index is 0. The topological polar surface area (TPSA) is 45.4 Å². The summed E-state index contributed by atoms with van der Waals surface area (Å²) < 4.78 is 0. The highest BCUT2D eigenvalue weighted by Gasteiger charge is 2.16. The van der Waals surface area contributed by atoms with Crippen molar-refractivity contribution >= 4 is 12.4 Å². The molecule has 1 aliphatic rings. The van der Waals surface area contributed by atoms with Crippen molar-refractivity contribution in [2.75, 3.05) is 19.8 Å². The second-order valence-electron chi connectivity index (χ2n) is 3.33. The second-order valence-corrected chi connectivity index (χ2v) is 3.33. The molecule has 0 atom stereocenters. The Morgan fingerprint density at radius 1 is 1.36 bits per heavy atom. The molecule has 1 fully saturated rings. The molecule has 0 saturated carbocycles. The van der Waals surface area contributed by atoms with Crippen LogP contribution in [-0.2, 0) is 6.54 Å². The first-order chi connectivity index (χ1) is 6.34. The van der Waals surface area contributed by atoms with Gasteiger partial charge in [0.25, 0.3) is 0 Å². The molecule has 0 unspecified atom stereocenters. The Bertz CT molecular complexity index is 267. The molecule has 0 spiro atoms. The number of aromatic nitrogens is 1. The molecule has 0 radical (unpaired) electrons. The third-order valence-electron chi connectivity index (χ3n) is 2.20. The van der Waals surface area contributed by atoms with E-state index >= 15 is 0 Å². The van der Waals surface area contributed by atoms with Crippen LogP contribution >= 0.6 is 12.4 Å². The number of nitrogens with zero attached hydrogens (tertiary/aromatic N) is 3. The van der Waals surface area contributed by atoms with Crippen LogP contribution in [0.15, 0.2) is 24.4 Å². The van der Waals surface area contributed by atoms with E-state index in [0.29, 0.717) is 0 Å². The van der Waals surface area contributed by atoms with Crippen LogP contribution in [0.4, 0.5) is 0 Å².